The Morgan fingerprint density at radius 1 is 1.25 bits per heavy atom. The lowest BCUT2D eigenvalue weighted by atomic mass is 9.93. The molecule has 1 aliphatic carbocycles. The molecule has 2 fully saturated rings. The summed E-state index contributed by atoms with van der Waals surface area (Å²) in [4.78, 5) is 27.8. The van der Waals surface area contributed by atoms with Crippen molar-refractivity contribution >= 4 is 29.7 Å². The van der Waals surface area contributed by atoms with Crippen LogP contribution in [0.5, 0.6) is 0 Å². The molecule has 1 heterocycles. The lowest BCUT2D eigenvalue weighted by Gasteiger charge is -2.43. The Morgan fingerprint density at radius 2 is 1.97 bits per heavy atom. The van der Waals surface area contributed by atoms with E-state index in [1.165, 1.54) is 23.9 Å². The number of alkyl halides is 3. The molecular formula is C23H29F3N2O3S. The Bertz CT molecular complexity index is 827. The summed E-state index contributed by atoms with van der Waals surface area (Å²) in [6, 6.07) is 4.76. The predicted molar refractivity (Wildman–Crippen MR) is 119 cm³/mol. The zero-order valence-corrected chi connectivity index (χ0v) is 18.9. The van der Waals surface area contributed by atoms with Gasteiger partial charge >= 0.3 is 6.18 Å². The van der Waals surface area contributed by atoms with Crippen LogP contribution in [-0.4, -0.2) is 54.3 Å². The zero-order chi connectivity index (χ0) is 23.1. The van der Waals surface area contributed by atoms with Crippen molar-refractivity contribution in [1.82, 2.24) is 10.2 Å². The van der Waals surface area contributed by atoms with Crippen molar-refractivity contribution in [3.63, 3.8) is 0 Å². The van der Waals surface area contributed by atoms with Gasteiger partial charge in [-0.25, -0.2) is 0 Å². The maximum absolute atomic E-state index is 13.2. The van der Waals surface area contributed by atoms with Crippen LogP contribution in [0.15, 0.2) is 29.2 Å². The first-order chi connectivity index (χ1) is 15.3. The Hall–Kier alpha value is -2.00. The smallest absolute Gasteiger partial charge is 0.382 e. The minimum absolute atomic E-state index is 0.000167. The number of nitrogens with one attached hydrogen (secondary N) is 1. The number of benzene rings is 1. The monoisotopic (exact) mass is 470 g/mol. The lowest BCUT2D eigenvalue weighted by Crippen LogP contribution is -2.54. The third kappa shape index (κ3) is 6.51. The average Bonchev–Trinajstić information content (AvgIpc) is 2.76. The van der Waals surface area contributed by atoms with Gasteiger partial charge in [-0.05, 0) is 50.0 Å². The van der Waals surface area contributed by atoms with Crippen LogP contribution in [0.4, 0.5) is 13.2 Å². The number of rotatable bonds is 8. The van der Waals surface area contributed by atoms with Crippen LogP contribution in [0, 0.1) is 0 Å². The summed E-state index contributed by atoms with van der Waals surface area (Å²) in [5.41, 5.74) is -0.194. The van der Waals surface area contributed by atoms with Gasteiger partial charge in [-0.1, -0.05) is 25.0 Å². The molecule has 2 amide bonds. The van der Waals surface area contributed by atoms with E-state index in [0.717, 1.165) is 37.8 Å². The van der Waals surface area contributed by atoms with Gasteiger partial charge in [-0.3, -0.25) is 9.59 Å². The minimum Gasteiger partial charge on any atom is -0.382 e. The van der Waals surface area contributed by atoms with Crippen LogP contribution in [0.2, 0.25) is 0 Å². The molecule has 1 saturated carbocycles. The van der Waals surface area contributed by atoms with Gasteiger partial charge in [0.05, 0.1) is 10.5 Å². The van der Waals surface area contributed by atoms with Gasteiger partial charge in [0.2, 0.25) is 5.91 Å². The van der Waals surface area contributed by atoms with Gasteiger partial charge in [0.15, 0.2) is 0 Å². The number of nitrogens with zero attached hydrogens (tertiary/aromatic N) is 1. The van der Waals surface area contributed by atoms with Crippen LogP contribution in [-0.2, 0) is 20.5 Å². The van der Waals surface area contributed by atoms with E-state index in [2.05, 4.69) is 5.32 Å². The van der Waals surface area contributed by atoms with Crippen LogP contribution in [0.3, 0.4) is 0 Å². The van der Waals surface area contributed by atoms with Crippen molar-refractivity contribution in [3.8, 4) is 0 Å². The van der Waals surface area contributed by atoms with Crippen LogP contribution < -0.4 is 5.32 Å². The molecule has 1 N–H and O–H groups in total. The summed E-state index contributed by atoms with van der Waals surface area (Å²) in [7, 11) is 0. The first-order valence-electron chi connectivity index (χ1n) is 11.0. The Morgan fingerprint density at radius 3 is 2.66 bits per heavy atom. The van der Waals surface area contributed by atoms with E-state index in [1.54, 1.807) is 11.0 Å². The number of fused-ring (bicyclic) bond motifs is 1. The highest BCUT2D eigenvalue weighted by Crippen LogP contribution is 2.42. The molecule has 2 atom stereocenters. The first kappa shape index (κ1) is 24.6. The molecule has 9 heteroatoms. The summed E-state index contributed by atoms with van der Waals surface area (Å²) >= 11 is 1.49. The minimum atomic E-state index is -4.40. The van der Waals surface area contributed by atoms with Gasteiger partial charge in [0.25, 0.3) is 5.91 Å². The van der Waals surface area contributed by atoms with Gasteiger partial charge < -0.3 is 15.0 Å². The van der Waals surface area contributed by atoms with Crippen LogP contribution >= 0.6 is 11.8 Å². The number of amides is 2. The fourth-order valence-electron chi connectivity index (χ4n) is 4.04. The van der Waals surface area contributed by atoms with Crippen molar-refractivity contribution < 1.29 is 27.5 Å². The lowest BCUT2D eigenvalue weighted by molar-refractivity contribution is -0.137. The molecule has 2 unspecified atom stereocenters. The summed E-state index contributed by atoms with van der Waals surface area (Å²) in [6.07, 6.45) is 1.81. The van der Waals surface area contributed by atoms with E-state index in [1.807, 2.05) is 6.92 Å². The molecule has 1 saturated heterocycles. The SMILES string of the molecule is CCOCCCNC(=O)CN1C(=O)/C(=C\c2ccc(C(F)(F)F)cc2)SC2CCCCC21. The maximum atomic E-state index is 13.2. The van der Waals surface area contributed by atoms with Crippen molar-refractivity contribution in [2.45, 2.75) is 56.5 Å². The van der Waals surface area contributed by atoms with E-state index in [0.29, 0.717) is 36.6 Å². The highest BCUT2D eigenvalue weighted by molar-refractivity contribution is 8.04. The fourth-order valence-corrected chi connectivity index (χ4v) is 5.51. The highest BCUT2D eigenvalue weighted by atomic mass is 32.2. The van der Waals surface area contributed by atoms with Gasteiger partial charge in [-0.2, -0.15) is 13.2 Å². The summed E-state index contributed by atoms with van der Waals surface area (Å²) in [5, 5.41) is 3.03. The van der Waals surface area contributed by atoms with Gasteiger partial charge in [0.1, 0.15) is 6.54 Å². The maximum Gasteiger partial charge on any atom is 0.416 e. The third-order valence-electron chi connectivity index (χ3n) is 5.66. The number of hydrogen-bond acceptors (Lipinski definition) is 4. The molecule has 5 nitrogen and oxygen atoms in total. The Balaban J connectivity index is 1.71. The second-order valence-electron chi connectivity index (χ2n) is 7.97. The molecule has 2 aliphatic rings. The molecule has 0 bridgehead atoms. The number of thioether (sulfide) groups is 1. The second kappa shape index (κ2) is 11.2. The zero-order valence-electron chi connectivity index (χ0n) is 18.1. The molecular weight excluding hydrogens is 441 g/mol. The topological polar surface area (TPSA) is 58.6 Å². The molecule has 1 aliphatic heterocycles. The van der Waals surface area contributed by atoms with Crippen molar-refractivity contribution in [3.05, 3.63) is 40.3 Å². The van der Waals surface area contributed by atoms with E-state index in [4.69, 9.17) is 4.74 Å². The van der Waals surface area contributed by atoms with Crippen LogP contribution in [0.1, 0.15) is 50.2 Å². The molecule has 1 aromatic rings. The number of carbonyl (C=O) groups excluding carboxylic acids is 2. The number of hydrogen-bond donors (Lipinski definition) is 1. The summed E-state index contributed by atoms with van der Waals surface area (Å²) < 4.78 is 43.7. The first-order valence-corrected chi connectivity index (χ1v) is 11.9. The molecule has 32 heavy (non-hydrogen) atoms. The van der Waals surface area contributed by atoms with Crippen molar-refractivity contribution in [2.75, 3.05) is 26.3 Å². The Labute approximate surface area is 190 Å². The number of carbonyl (C=O) groups is 2. The molecule has 176 valence electrons. The standard InChI is InChI=1S/C23H29F3N2O3S/c1-2-31-13-5-12-27-21(29)15-28-18-6-3-4-7-19(18)32-20(22(28)30)14-16-8-10-17(11-9-16)23(24,25)26/h8-11,14,18-19H,2-7,12-13,15H2,1H3,(H,27,29)/b20-14+. The van der Waals surface area contributed by atoms with Crippen LogP contribution in [0.25, 0.3) is 6.08 Å². The van der Waals surface area contributed by atoms with Crippen molar-refractivity contribution in [2.24, 2.45) is 0 Å². The number of ether oxygens (including phenoxy) is 1. The summed E-state index contributed by atoms with van der Waals surface area (Å²) in [6.45, 7) is 3.58. The average molecular weight is 471 g/mol. The third-order valence-corrected chi connectivity index (χ3v) is 7.06. The second-order valence-corrected chi connectivity index (χ2v) is 9.25. The quantitative estimate of drug-likeness (QED) is 0.450. The van der Waals surface area contributed by atoms with Gasteiger partial charge in [-0.15, -0.1) is 11.8 Å². The fraction of sp³-hybridized carbons (Fsp3) is 0.565. The van der Waals surface area contributed by atoms with E-state index in [-0.39, 0.29) is 29.7 Å². The van der Waals surface area contributed by atoms with E-state index >= 15 is 0 Å². The molecule has 1 aromatic carbocycles. The molecule has 0 spiro atoms. The van der Waals surface area contributed by atoms with E-state index < -0.39 is 11.7 Å². The predicted octanol–water partition coefficient (Wildman–Crippen LogP) is 4.48. The molecule has 3 rings (SSSR count). The van der Waals surface area contributed by atoms with E-state index in [9.17, 15) is 22.8 Å². The number of halogens is 3. The molecule has 0 aromatic heterocycles. The molecule has 0 radical (unpaired) electrons. The highest BCUT2D eigenvalue weighted by Gasteiger charge is 2.41. The van der Waals surface area contributed by atoms with Gasteiger partial charge in [0, 0.05) is 31.1 Å². The summed E-state index contributed by atoms with van der Waals surface area (Å²) in [5.74, 6) is -0.442. The Kier molecular flexibility index (Phi) is 8.64. The normalized spacial score (nSPS) is 22.7. The largest absolute Gasteiger partial charge is 0.416 e. The van der Waals surface area contributed by atoms with Crippen molar-refractivity contribution in [1.29, 1.82) is 0 Å².